The van der Waals surface area contributed by atoms with Crippen molar-refractivity contribution in [1.29, 1.82) is 0 Å². The van der Waals surface area contributed by atoms with Gasteiger partial charge in [-0.05, 0) is 30.7 Å². The summed E-state index contributed by atoms with van der Waals surface area (Å²) >= 11 is 0. The predicted octanol–water partition coefficient (Wildman–Crippen LogP) is 3.24. The minimum absolute atomic E-state index is 0.217. The quantitative estimate of drug-likeness (QED) is 0.904. The summed E-state index contributed by atoms with van der Waals surface area (Å²) in [5.74, 6) is -2.27. The van der Waals surface area contributed by atoms with Gasteiger partial charge in [-0.3, -0.25) is 4.79 Å². The van der Waals surface area contributed by atoms with Crippen LogP contribution in [0, 0.1) is 11.6 Å². The normalized spacial score (nSPS) is 12.0. The van der Waals surface area contributed by atoms with Gasteiger partial charge in [-0.25, -0.2) is 8.78 Å². The molecule has 0 spiro atoms. The molecule has 3 nitrogen and oxygen atoms in total. The number of carbonyl (C=O) groups excluding carboxylic acids is 1. The highest BCUT2D eigenvalue weighted by Crippen LogP contribution is 2.22. The summed E-state index contributed by atoms with van der Waals surface area (Å²) in [5.41, 5.74) is 6.84. The zero-order valence-corrected chi connectivity index (χ0v) is 10.9. The second-order valence-electron chi connectivity index (χ2n) is 4.45. The molecule has 0 bridgehead atoms. The molecule has 2 aromatic carbocycles. The van der Waals surface area contributed by atoms with E-state index >= 15 is 0 Å². The van der Waals surface area contributed by atoms with Crippen LogP contribution in [0.15, 0.2) is 42.5 Å². The Morgan fingerprint density at radius 2 is 1.90 bits per heavy atom. The van der Waals surface area contributed by atoms with Crippen LogP contribution in [-0.2, 0) is 0 Å². The molecule has 2 aromatic rings. The van der Waals surface area contributed by atoms with Gasteiger partial charge >= 0.3 is 0 Å². The molecule has 0 saturated heterocycles. The lowest BCUT2D eigenvalue weighted by molar-refractivity contribution is 0.102. The molecule has 0 heterocycles. The molecule has 1 atom stereocenters. The lowest BCUT2D eigenvalue weighted by atomic mass is 10.1. The number of hydrogen-bond acceptors (Lipinski definition) is 2. The molecular weight excluding hydrogens is 262 g/mol. The van der Waals surface area contributed by atoms with Crippen LogP contribution in [0.4, 0.5) is 14.5 Å². The van der Waals surface area contributed by atoms with E-state index in [0.717, 1.165) is 17.7 Å². The van der Waals surface area contributed by atoms with E-state index in [4.69, 9.17) is 5.73 Å². The molecule has 0 aromatic heterocycles. The van der Waals surface area contributed by atoms with Crippen molar-refractivity contribution in [2.24, 2.45) is 5.73 Å². The fourth-order valence-electron chi connectivity index (χ4n) is 1.87. The number of nitrogens with two attached hydrogens (primary N) is 1. The standard InChI is InChI=1S/C15H14F2N2O/c1-9(18)11-4-2-3-5-14(11)19-15(20)12-7-6-10(16)8-13(12)17/h2-9H,18H2,1H3,(H,19,20). The highest BCUT2D eigenvalue weighted by molar-refractivity contribution is 6.04. The predicted molar refractivity (Wildman–Crippen MR) is 73.4 cm³/mol. The van der Waals surface area contributed by atoms with Gasteiger partial charge in [0.15, 0.2) is 0 Å². The molecule has 0 saturated carbocycles. The number of amides is 1. The van der Waals surface area contributed by atoms with Crippen LogP contribution >= 0.6 is 0 Å². The van der Waals surface area contributed by atoms with Crippen LogP contribution in [0.2, 0.25) is 0 Å². The summed E-state index contributed by atoms with van der Waals surface area (Å²) in [6, 6.07) is 9.54. The minimum Gasteiger partial charge on any atom is -0.324 e. The maximum atomic E-state index is 13.5. The zero-order chi connectivity index (χ0) is 14.7. The highest BCUT2D eigenvalue weighted by atomic mass is 19.1. The summed E-state index contributed by atoms with van der Waals surface area (Å²) in [5, 5.41) is 2.59. The lowest BCUT2D eigenvalue weighted by Crippen LogP contribution is -2.17. The summed E-state index contributed by atoms with van der Waals surface area (Å²) in [4.78, 5) is 12.0. The first-order valence-electron chi connectivity index (χ1n) is 6.10. The van der Waals surface area contributed by atoms with Crippen molar-refractivity contribution >= 4 is 11.6 Å². The van der Waals surface area contributed by atoms with Crippen molar-refractivity contribution in [3.63, 3.8) is 0 Å². The fraction of sp³-hybridized carbons (Fsp3) is 0.133. The van der Waals surface area contributed by atoms with Crippen molar-refractivity contribution in [1.82, 2.24) is 0 Å². The Labute approximate surface area is 115 Å². The molecule has 0 aliphatic carbocycles. The first-order valence-corrected chi connectivity index (χ1v) is 6.10. The van der Waals surface area contributed by atoms with Crippen LogP contribution in [0.3, 0.4) is 0 Å². The van der Waals surface area contributed by atoms with Crippen LogP contribution in [0.25, 0.3) is 0 Å². The first-order chi connectivity index (χ1) is 9.49. The van der Waals surface area contributed by atoms with Gasteiger partial charge in [-0.15, -0.1) is 0 Å². The molecule has 1 amide bonds. The van der Waals surface area contributed by atoms with Crippen LogP contribution in [0.1, 0.15) is 28.9 Å². The summed E-state index contributed by atoms with van der Waals surface area (Å²) in [7, 11) is 0. The van der Waals surface area contributed by atoms with Gasteiger partial charge in [-0.1, -0.05) is 18.2 Å². The van der Waals surface area contributed by atoms with E-state index in [9.17, 15) is 13.6 Å². The largest absolute Gasteiger partial charge is 0.324 e. The van der Waals surface area contributed by atoms with Crippen molar-refractivity contribution in [2.75, 3.05) is 5.32 Å². The molecule has 1 unspecified atom stereocenters. The third kappa shape index (κ3) is 3.00. The molecule has 5 heteroatoms. The van der Waals surface area contributed by atoms with E-state index in [1.54, 1.807) is 31.2 Å². The topological polar surface area (TPSA) is 55.1 Å². The Hall–Kier alpha value is -2.27. The van der Waals surface area contributed by atoms with Gasteiger partial charge in [0.1, 0.15) is 11.6 Å². The highest BCUT2D eigenvalue weighted by Gasteiger charge is 2.15. The summed E-state index contributed by atoms with van der Waals surface area (Å²) < 4.78 is 26.4. The molecule has 0 radical (unpaired) electrons. The second-order valence-corrected chi connectivity index (χ2v) is 4.45. The van der Waals surface area contributed by atoms with Gasteiger partial charge < -0.3 is 11.1 Å². The van der Waals surface area contributed by atoms with E-state index in [1.807, 2.05) is 0 Å². The number of benzene rings is 2. The fourth-order valence-corrected chi connectivity index (χ4v) is 1.87. The maximum absolute atomic E-state index is 13.5. The lowest BCUT2D eigenvalue weighted by Gasteiger charge is -2.13. The Balaban J connectivity index is 2.28. The molecule has 104 valence electrons. The Kier molecular flexibility index (Phi) is 4.10. The average Bonchev–Trinajstić information content (AvgIpc) is 2.38. The number of hydrogen-bond donors (Lipinski definition) is 2. The smallest absolute Gasteiger partial charge is 0.258 e. The maximum Gasteiger partial charge on any atom is 0.258 e. The van der Waals surface area contributed by atoms with E-state index in [-0.39, 0.29) is 11.6 Å². The van der Waals surface area contributed by atoms with Crippen LogP contribution in [-0.4, -0.2) is 5.91 Å². The van der Waals surface area contributed by atoms with Gasteiger partial charge in [0.05, 0.1) is 5.56 Å². The van der Waals surface area contributed by atoms with Gasteiger partial charge in [0.25, 0.3) is 5.91 Å². The van der Waals surface area contributed by atoms with Crippen LogP contribution in [0.5, 0.6) is 0 Å². The summed E-state index contributed by atoms with van der Waals surface area (Å²) in [6.07, 6.45) is 0. The third-order valence-corrected chi connectivity index (χ3v) is 2.88. The number of halogens is 2. The summed E-state index contributed by atoms with van der Waals surface area (Å²) in [6.45, 7) is 1.78. The molecule has 0 fully saturated rings. The minimum atomic E-state index is -0.902. The second kappa shape index (κ2) is 5.79. The van der Waals surface area contributed by atoms with E-state index in [0.29, 0.717) is 11.8 Å². The Bertz CT molecular complexity index is 642. The number of nitrogens with one attached hydrogen (secondary N) is 1. The molecule has 3 N–H and O–H groups in total. The zero-order valence-electron chi connectivity index (χ0n) is 10.9. The number of para-hydroxylation sites is 1. The van der Waals surface area contributed by atoms with Crippen molar-refractivity contribution in [3.05, 3.63) is 65.2 Å². The number of anilines is 1. The molecule has 2 rings (SSSR count). The molecular formula is C15H14F2N2O. The van der Waals surface area contributed by atoms with E-state index < -0.39 is 17.5 Å². The molecule has 0 aliphatic heterocycles. The van der Waals surface area contributed by atoms with Crippen molar-refractivity contribution in [3.8, 4) is 0 Å². The third-order valence-electron chi connectivity index (χ3n) is 2.88. The van der Waals surface area contributed by atoms with E-state index in [1.165, 1.54) is 0 Å². The van der Waals surface area contributed by atoms with Gasteiger partial charge in [0, 0.05) is 17.8 Å². The number of carbonyl (C=O) groups is 1. The monoisotopic (exact) mass is 276 g/mol. The Morgan fingerprint density at radius 1 is 1.20 bits per heavy atom. The molecule has 20 heavy (non-hydrogen) atoms. The number of rotatable bonds is 3. The first kappa shape index (κ1) is 14.1. The van der Waals surface area contributed by atoms with E-state index in [2.05, 4.69) is 5.32 Å². The van der Waals surface area contributed by atoms with Gasteiger partial charge in [0.2, 0.25) is 0 Å². The van der Waals surface area contributed by atoms with Crippen molar-refractivity contribution in [2.45, 2.75) is 13.0 Å². The van der Waals surface area contributed by atoms with Crippen LogP contribution < -0.4 is 11.1 Å². The van der Waals surface area contributed by atoms with Gasteiger partial charge in [-0.2, -0.15) is 0 Å². The Morgan fingerprint density at radius 3 is 2.55 bits per heavy atom. The SMILES string of the molecule is CC(N)c1ccccc1NC(=O)c1ccc(F)cc1F. The van der Waals surface area contributed by atoms with Crippen molar-refractivity contribution < 1.29 is 13.6 Å². The average molecular weight is 276 g/mol. The molecule has 0 aliphatic rings.